The fourth-order valence-corrected chi connectivity index (χ4v) is 4.97. The minimum absolute atomic E-state index is 0.0522. The van der Waals surface area contributed by atoms with E-state index in [1.807, 2.05) is 0 Å². The van der Waals surface area contributed by atoms with Gasteiger partial charge in [0.25, 0.3) is 5.91 Å². The molecule has 1 atom stereocenters. The first-order valence-electron chi connectivity index (χ1n) is 14.3. The molecule has 16 heteroatoms. The fourth-order valence-electron chi connectivity index (χ4n) is 4.97. The second kappa shape index (κ2) is 13.8. The number of carbonyl (C=O) groups excluding carboxylic acids is 1. The summed E-state index contributed by atoms with van der Waals surface area (Å²) in [5, 5.41) is 12.1. The van der Waals surface area contributed by atoms with E-state index in [1.165, 1.54) is 0 Å². The Morgan fingerprint density at radius 1 is 0.957 bits per heavy atom. The van der Waals surface area contributed by atoms with Gasteiger partial charge in [0.2, 0.25) is 11.8 Å². The molecular weight excluding hydrogens is 636 g/mol. The average Bonchev–Trinajstić information content (AvgIpc) is 3.50. The highest BCUT2D eigenvalue weighted by atomic mass is 19.4. The van der Waals surface area contributed by atoms with Gasteiger partial charge in [-0.3, -0.25) is 4.79 Å². The second-order valence-corrected chi connectivity index (χ2v) is 10.7. The minimum Gasteiger partial charge on any atom is -0.480 e. The summed E-state index contributed by atoms with van der Waals surface area (Å²) in [4.78, 5) is 38.8. The number of carboxylic acids is 1. The van der Waals surface area contributed by atoms with Crippen LogP contribution in [0.15, 0.2) is 71.3 Å². The summed E-state index contributed by atoms with van der Waals surface area (Å²) in [5.41, 5.74) is -1.36. The number of hydrogen-bond acceptors (Lipinski definition) is 8. The molecule has 248 valence electrons. The quantitative estimate of drug-likeness (QED) is 0.198. The van der Waals surface area contributed by atoms with Crippen LogP contribution in [-0.4, -0.2) is 57.7 Å². The number of aromatic nitrogens is 3. The van der Waals surface area contributed by atoms with E-state index >= 15 is 0 Å². The molecule has 0 radical (unpaired) electrons. The molecule has 0 spiro atoms. The highest BCUT2D eigenvalue weighted by Gasteiger charge is 2.36. The normalized spacial score (nSPS) is 15.0. The molecule has 2 aromatic carbocycles. The molecule has 2 N–H and O–H groups in total. The first kappa shape index (κ1) is 33.4. The summed E-state index contributed by atoms with van der Waals surface area (Å²) in [6, 6.07) is 12.1. The van der Waals surface area contributed by atoms with Gasteiger partial charge in [0.05, 0.1) is 18.8 Å². The topological polar surface area (TPSA) is 131 Å². The van der Waals surface area contributed by atoms with E-state index in [-0.39, 0.29) is 68.0 Å². The monoisotopic (exact) mass is 663 g/mol. The molecule has 1 fully saturated rings. The molecule has 3 heterocycles. The van der Waals surface area contributed by atoms with Crippen molar-refractivity contribution in [2.24, 2.45) is 0 Å². The van der Waals surface area contributed by atoms with Crippen LogP contribution in [0.3, 0.4) is 0 Å². The lowest BCUT2D eigenvalue weighted by Gasteiger charge is -2.31. The number of ether oxygens (including phenoxy) is 1. The zero-order valence-corrected chi connectivity index (χ0v) is 24.4. The van der Waals surface area contributed by atoms with Crippen LogP contribution >= 0.6 is 0 Å². The number of rotatable bonds is 10. The number of aliphatic carboxylic acids is 1. The largest absolute Gasteiger partial charge is 0.480 e. The van der Waals surface area contributed by atoms with Gasteiger partial charge in [-0.2, -0.15) is 26.3 Å². The van der Waals surface area contributed by atoms with E-state index in [4.69, 9.17) is 9.15 Å². The van der Waals surface area contributed by atoms with E-state index < -0.39 is 47.4 Å². The number of alkyl halides is 6. The number of hydrogen-bond donors (Lipinski definition) is 2. The number of nitrogens with one attached hydrogen (secondary N) is 1. The third-order valence-corrected chi connectivity index (χ3v) is 7.41. The lowest BCUT2D eigenvalue weighted by Crippen LogP contribution is -2.44. The van der Waals surface area contributed by atoms with Crippen LogP contribution in [0.4, 0.5) is 32.3 Å². The summed E-state index contributed by atoms with van der Waals surface area (Å²) in [6.07, 6.45) is -7.73. The van der Waals surface area contributed by atoms with Gasteiger partial charge < -0.3 is 24.5 Å². The predicted molar refractivity (Wildman–Crippen MR) is 153 cm³/mol. The molecule has 1 aliphatic rings. The highest BCUT2D eigenvalue weighted by molar-refractivity contribution is 5.96. The Bertz CT molecular complexity index is 1690. The molecule has 1 saturated heterocycles. The van der Waals surface area contributed by atoms with Gasteiger partial charge in [0.15, 0.2) is 11.7 Å². The van der Waals surface area contributed by atoms with Crippen molar-refractivity contribution in [2.45, 2.75) is 43.8 Å². The Hall–Kier alpha value is -4.99. The number of carbonyl (C=O) groups is 2. The predicted octanol–water partition coefficient (Wildman–Crippen LogP) is 5.95. The molecule has 10 nitrogen and oxygen atoms in total. The molecule has 5 rings (SSSR count). The lowest BCUT2D eigenvalue weighted by atomic mass is 9.93. The molecule has 0 saturated carbocycles. The van der Waals surface area contributed by atoms with Gasteiger partial charge in [0.1, 0.15) is 11.5 Å². The molecule has 1 amide bonds. The van der Waals surface area contributed by atoms with Crippen LogP contribution in [0.5, 0.6) is 0 Å². The van der Waals surface area contributed by atoms with Gasteiger partial charge in [-0.05, 0) is 48.7 Å². The Morgan fingerprint density at radius 3 is 2.26 bits per heavy atom. The second-order valence-electron chi connectivity index (χ2n) is 10.7. The first-order valence-corrected chi connectivity index (χ1v) is 14.3. The lowest BCUT2D eigenvalue weighted by molar-refractivity contribution is -0.142. The molecule has 4 aromatic rings. The Morgan fingerprint density at radius 2 is 1.64 bits per heavy atom. The van der Waals surface area contributed by atoms with Crippen molar-refractivity contribution in [2.75, 3.05) is 24.6 Å². The number of oxazole rings is 1. The number of amides is 1. The van der Waals surface area contributed by atoms with Crippen LogP contribution in [0.1, 0.15) is 51.8 Å². The van der Waals surface area contributed by atoms with E-state index in [0.29, 0.717) is 0 Å². The number of halogens is 6. The van der Waals surface area contributed by atoms with E-state index in [1.54, 1.807) is 35.2 Å². The van der Waals surface area contributed by atoms with Crippen molar-refractivity contribution < 1.29 is 50.2 Å². The maximum absolute atomic E-state index is 13.5. The Kier molecular flexibility index (Phi) is 9.79. The van der Waals surface area contributed by atoms with Crippen LogP contribution in [-0.2, 0) is 28.5 Å². The Balaban J connectivity index is 1.37. The third-order valence-electron chi connectivity index (χ3n) is 7.41. The van der Waals surface area contributed by atoms with Crippen LogP contribution in [0.2, 0.25) is 0 Å². The van der Waals surface area contributed by atoms with Crippen LogP contribution < -0.4 is 10.2 Å². The number of carboxylic acid groups (broad SMARTS) is 1. The van der Waals surface area contributed by atoms with Crippen molar-refractivity contribution in [3.63, 3.8) is 0 Å². The molecule has 1 aliphatic heterocycles. The van der Waals surface area contributed by atoms with Crippen LogP contribution in [0.25, 0.3) is 11.5 Å². The van der Waals surface area contributed by atoms with Crippen molar-refractivity contribution in [3.8, 4) is 11.5 Å². The van der Waals surface area contributed by atoms with Crippen molar-refractivity contribution in [3.05, 3.63) is 95.1 Å². The van der Waals surface area contributed by atoms with Gasteiger partial charge >= 0.3 is 18.3 Å². The zero-order valence-electron chi connectivity index (χ0n) is 24.4. The van der Waals surface area contributed by atoms with Gasteiger partial charge in [-0.15, -0.1) is 0 Å². The van der Waals surface area contributed by atoms with Crippen molar-refractivity contribution in [1.82, 2.24) is 20.3 Å². The SMILES string of the molecule is O=C(NC(COCc1ccccc1)C(=O)O)c1nc(-c2ccc(C(F)(F)F)cc2)oc1C1CCN(c2nccc(C(F)(F)F)n2)CC1. The van der Waals surface area contributed by atoms with E-state index in [2.05, 4.69) is 20.3 Å². The summed E-state index contributed by atoms with van der Waals surface area (Å²) >= 11 is 0. The number of nitrogens with zero attached hydrogens (tertiary/aromatic N) is 4. The van der Waals surface area contributed by atoms with Crippen molar-refractivity contribution >= 4 is 17.8 Å². The van der Waals surface area contributed by atoms with Gasteiger partial charge in [-0.1, -0.05) is 30.3 Å². The van der Waals surface area contributed by atoms with E-state index in [9.17, 15) is 41.0 Å². The molecule has 0 bridgehead atoms. The number of anilines is 1. The Labute approximate surface area is 263 Å². The van der Waals surface area contributed by atoms with E-state index in [0.717, 1.165) is 42.1 Å². The number of piperidine rings is 1. The fraction of sp³-hybridized carbons (Fsp3) is 0.323. The summed E-state index contributed by atoms with van der Waals surface area (Å²) < 4.78 is 90.4. The van der Waals surface area contributed by atoms with Crippen molar-refractivity contribution in [1.29, 1.82) is 0 Å². The van der Waals surface area contributed by atoms with Crippen LogP contribution in [0, 0.1) is 0 Å². The molecule has 47 heavy (non-hydrogen) atoms. The smallest absolute Gasteiger partial charge is 0.433 e. The summed E-state index contributed by atoms with van der Waals surface area (Å²) in [5.74, 6) is -3.05. The minimum atomic E-state index is -4.66. The standard InChI is InChI=1S/C31H27F6N5O5/c32-30(33,34)21-8-6-20(7-9-21)27-41-24(26(43)39-22(28(44)45)17-46-16-18-4-2-1-3-5-18)25(47-27)19-11-14-42(15-12-19)29-38-13-10-23(40-29)31(35,36)37/h1-10,13,19,22H,11-12,14-17H2,(H,39,43)(H,44,45). The zero-order chi connectivity index (χ0) is 33.8. The van der Waals surface area contributed by atoms with Gasteiger partial charge in [-0.25, -0.2) is 19.7 Å². The molecule has 0 aliphatic carbocycles. The number of benzene rings is 2. The highest BCUT2D eigenvalue weighted by Crippen LogP contribution is 2.36. The first-order chi connectivity index (χ1) is 22.3. The molecular formula is C31H27F6N5O5. The average molecular weight is 664 g/mol. The maximum atomic E-state index is 13.5. The van der Waals surface area contributed by atoms with Gasteiger partial charge in [0, 0.05) is 30.8 Å². The summed E-state index contributed by atoms with van der Waals surface area (Å²) in [7, 11) is 0. The maximum Gasteiger partial charge on any atom is 0.433 e. The summed E-state index contributed by atoms with van der Waals surface area (Å²) in [6.45, 7) is 0.0507. The third kappa shape index (κ3) is 8.24. The molecule has 1 unspecified atom stereocenters. The molecule has 2 aromatic heterocycles.